The van der Waals surface area contributed by atoms with Crippen molar-refractivity contribution >= 4 is 11.4 Å². The van der Waals surface area contributed by atoms with Crippen LogP contribution >= 0.6 is 0 Å². The van der Waals surface area contributed by atoms with Gasteiger partial charge in [-0.3, -0.25) is 4.99 Å². The van der Waals surface area contributed by atoms with Gasteiger partial charge in [0.05, 0.1) is 5.69 Å². The number of hydrogen-bond donors (Lipinski definition) is 0. The van der Waals surface area contributed by atoms with Gasteiger partial charge in [0.25, 0.3) is 0 Å². The highest BCUT2D eigenvalue weighted by Gasteiger charge is 1.99. The number of rotatable bonds is 3. The van der Waals surface area contributed by atoms with Gasteiger partial charge < -0.3 is 0 Å². The van der Waals surface area contributed by atoms with Crippen LogP contribution in [0.5, 0.6) is 0 Å². The first-order valence-electron chi connectivity index (χ1n) is 7.09. The zero-order chi connectivity index (χ0) is 14.5. The van der Waals surface area contributed by atoms with Crippen molar-refractivity contribution in [1.29, 1.82) is 0 Å². The van der Waals surface area contributed by atoms with E-state index in [2.05, 4.69) is 65.7 Å². The van der Waals surface area contributed by atoms with E-state index in [0.717, 1.165) is 17.0 Å². The first kappa shape index (κ1) is 13.3. The lowest BCUT2D eigenvalue weighted by atomic mass is 10.1. The summed E-state index contributed by atoms with van der Waals surface area (Å²) in [5.41, 5.74) is 5.61. The van der Waals surface area contributed by atoms with E-state index < -0.39 is 0 Å². The maximum atomic E-state index is 4.68. The fourth-order valence-electron chi connectivity index (χ4n) is 2.30. The molecule has 0 fully saturated rings. The summed E-state index contributed by atoms with van der Waals surface area (Å²) < 4.78 is 0. The number of aliphatic imine (C=N–C) groups is 1. The predicted molar refractivity (Wildman–Crippen MR) is 90.2 cm³/mol. The molecule has 0 bridgehead atoms. The molecule has 0 heterocycles. The normalized spacial score (nSPS) is 11.4. The molecule has 3 rings (SSSR count). The van der Waals surface area contributed by atoms with Gasteiger partial charge in [0.2, 0.25) is 0 Å². The maximum absolute atomic E-state index is 4.68. The van der Waals surface area contributed by atoms with Crippen LogP contribution in [0.1, 0.15) is 12.5 Å². The average molecular weight is 271 g/mol. The molecule has 0 aliphatic rings. The Bertz CT molecular complexity index is 726. The summed E-state index contributed by atoms with van der Waals surface area (Å²) in [6.45, 7) is 2.04. The SMILES string of the molecule is CC(=Nc1ccc(-c2ccccc2)cc1)c1ccccc1. The highest BCUT2D eigenvalue weighted by Crippen LogP contribution is 2.22. The van der Waals surface area contributed by atoms with E-state index in [-0.39, 0.29) is 0 Å². The highest BCUT2D eigenvalue weighted by atomic mass is 14.7. The Morgan fingerprint density at radius 1 is 0.619 bits per heavy atom. The van der Waals surface area contributed by atoms with Crippen molar-refractivity contribution in [2.24, 2.45) is 4.99 Å². The first-order chi connectivity index (χ1) is 10.3. The van der Waals surface area contributed by atoms with Crippen molar-refractivity contribution in [2.45, 2.75) is 6.92 Å². The second-order valence-corrected chi connectivity index (χ2v) is 4.98. The van der Waals surface area contributed by atoms with Crippen LogP contribution in [-0.4, -0.2) is 5.71 Å². The molecular weight excluding hydrogens is 254 g/mol. The Morgan fingerprint density at radius 2 is 1.14 bits per heavy atom. The van der Waals surface area contributed by atoms with Crippen LogP contribution in [0.4, 0.5) is 5.69 Å². The van der Waals surface area contributed by atoms with Crippen LogP contribution in [0.15, 0.2) is 89.9 Å². The molecule has 3 aromatic rings. The van der Waals surface area contributed by atoms with Gasteiger partial charge in [-0.1, -0.05) is 72.8 Å². The number of benzene rings is 3. The van der Waals surface area contributed by atoms with Gasteiger partial charge in [-0.2, -0.15) is 0 Å². The molecule has 1 nitrogen and oxygen atoms in total. The summed E-state index contributed by atoms with van der Waals surface area (Å²) in [7, 11) is 0. The van der Waals surface area contributed by atoms with E-state index in [1.165, 1.54) is 11.1 Å². The molecule has 0 N–H and O–H groups in total. The first-order valence-corrected chi connectivity index (χ1v) is 7.09. The van der Waals surface area contributed by atoms with Gasteiger partial charge in [0.15, 0.2) is 0 Å². The van der Waals surface area contributed by atoms with Crippen LogP contribution in [0.3, 0.4) is 0 Å². The maximum Gasteiger partial charge on any atom is 0.0633 e. The fraction of sp³-hybridized carbons (Fsp3) is 0.0500. The molecule has 0 aromatic heterocycles. The van der Waals surface area contributed by atoms with E-state index >= 15 is 0 Å². The van der Waals surface area contributed by atoms with Gasteiger partial charge >= 0.3 is 0 Å². The van der Waals surface area contributed by atoms with Crippen molar-refractivity contribution in [3.05, 3.63) is 90.5 Å². The quantitative estimate of drug-likeness (QED) is 0.558. The van der Waals surface area contributed by atoms with Crippen LogP contribution in [-0.2, 0) is 0 Å². The third-order valence-electron chi connectivity index (χ3n) is 3.46. The van der Waals surface area contributed by atoms with E-state index in [1.54, 1.807) is 0 Å². The molecule has 3 aromatic carbocycles. The monoisotopic (exact) mass is 271 g/mol. The molecule has 0 amide bonds. The smallest absolute Gasteiger partial charge is 0.0633 e. The summed E-state index contributed by atoms with van der Waals surface area (Å²) in [4.78, 5) is 4.68. The van der Waals surface area contributed by atoms with E-state index in [9.17, 15) is 0 Å². The summed E-state index contributed by atoms with van der Waals surface area (Å²) >= 11 is 0. The molecular formula is C20H17N. The van der Waals surface area contributed by atoms with Crippen molar-refractivity contribution in [2.75, 3.05) is 0 Å². The predicted octanol–water partition coefficient (Wildman–Crippen LogP) is 5.49. The fourth-order valence-corrected chi connectivity index (χ4v) is 2.30. The molecule has 1 heteroatoms. The lowest BCUT2D eigenvalue weighted by Crippen LogP contribution is -1.92. The molecule has 0 radical (unpaired) electrons. The largest absolute Gasteiger partial charge is 0.253 e. The molecule has 0 spiro atoms. The number of hydrogen-bond acceptors (Lipinski definition) is 1. The summed E-state index contributed by atoms with van der Waals surface area (Å²) in [6, 6.07) is 29.0. The minimum atomic E-state index is 0.982. The Kier molecular flexibility index (Phi) is 3.92. The van der Waals surface area contributed by atoms with E-state index in [4.69, 9.17) is 0 Å². The second kappa shape index (κ2) is 6.19. The minimum absolute atomic E-state index is 0.982. The lowest BCUT2D eigenvalue weighted by Gasteiger charge is -2.03. The second-order valence-electron chi connectivity index (χ2n) is 4.98. The van der Waals surface area contributed by atoms with Crippen LogP contribution in [0.2, 0.25) is 0 Å². The van der Waals surface area contributed by atoms with Gasteiger partial charge in [-0.15, -0.1) is 0 Å². The zero-order valence-corrected chi connectivity index (χ0v) is 12.0. The summed E-state index contributed by atoms with van der Waals surface area (Å²) in [5.74, 6) is 0. The standard InChI is InChI=1S/C20H17N/c1-16(17-8-4-2-5-9-17)21-20-14-12-19(13-15-20)18-10-6-3-7-11-18/h2-15H,1H3. The third kappa shape index (κ3) is 3.26. The topological polar surface area (TPSA) is 12.4 Å². The Hall–Kier alpha value is -2.67. The number of nitrogens with zero attached hydrogens (tertiary/aromatic N) is 1. The Balaban J connectivity index is 1.85. The van der Waals surface area contributed by atoms with Crippen LogP contribution < -0.4 is 0 Å². The molecule has 21 heavy (non-hydrogen) atoms. The molecule has 0 saturated carbocycles. The van der Waals surface area contributed by atoms with Crippen LogP contribution in [0, 0.1) is 0 Å². The molecule has 0 atom stereocenters. The molecule has 0 aliphatic heterocycles. The highest BCUT2D eigenvalue weighted by molar-refractivity contribution is 6.00. The van der Waals surface area contributed by atoms with Gasteiger partial charge in [0.1, 0.15) is 0 Å². The van der Waals surface area contributed by atoms with Crippen LogP contribution in [0.25, 0.3) is 11.1 Å². The Morgan fingerprint density at radius 3 is 1.76 bits per heavy atom. The lowest BCUT2D eigenvalue weighted by molar-refractivity contribution is 1.47. The molecule has 0 unspecified atom stereocenters. The molecule has 0 saturated heterocycles. The molecule has 0 aliphatic carbocycles. The van der Waals surface area contributed by atoms with Crippen molar-refractivity contribution in [1.82, 2.24) is 0 Å². The molecule has 102 valence electrons. The average Bonchev–Trinajstić information content (AvgIpc) is 2.57. The van der Waals surface area contributed by atoms with Gasteiger partial charge in [-0.05, 0) is 35.7 Å². The third-order valence-corrected chi connectivity index (χ3v) is 3.46. The van der Waals surface area contributed by atoms with Crippen molar-refractivity contribution in [3.8, 4) is 11.1 Å². The van der Waals surface area contributed by atoms with E-state index in [0.29, 0.717) is 0 Å². The Labute approximate surface area is 125 Å². The summed E-state index contributed by atoms with van der Waals surface area (Å²) in [6.07, 6.45) is 0. The summed E-state index contributed by atoms with van der Waals surface area (Å²) in [5, 5.41) is 0. The van der Waals surface area contributed by atoms with Gasteiger partial charge in [0, 0.05) is 5.71 Å². The van der Waals surface area contributed by atoms with Crippen molar-refractivity contribution < 1.29 is 0 Å². The zero-order valence-electron chi connectivity index (χ0n) is 12.0. The minimum Gasteiger partial charge on any atom is -0.253 e. The van der Waals surface area contributed by atoms with Gasteiger partial charge in [-0.25, -0.2) is 0 Å². The van der Waals surface area contributed by atoms with Crippen molar-refractivity contribution in [3.63, 3.8) is 0 Å². The van der Waals surface area contributed by atoms with E-state index in [1.807, 2.05) is 31.2 Å².